The lowest BCUT2D eigenvalue weighted by Gasteiger charge is -2.18. The summed E-state index contributed by atoms with van der Waals surface area (Å²) >= 11 is 2.78. The van der Waals surface area contributed by atoms with E-state index in [0.29, 0.717) is 22.7 Å². The van der Waals surface area contributed by atoms with Crippen LogP contribution in [0.5, 0.6) is 11.5 Å². The molecule has 0 fully saturated rings. The van der Waals surface area contributed by atoms with E-state index in [1.807, 2.05) is 19.6 Å². The average Bonchev–Trinajstić information content (AvgIpc) is 3.22. The quantitative estimate of drug-likeness (QED) is 0.0761. The van der Waals surface area contributed by atoms with E-state index in [1.54, 1.807) is 84.9 Å². The lowest BCUT2D eigenvalue weighted by atomic mass is 10.1. The Bertz CT molecular complexity index is 1750. The van der Waals surface area contributed by atoms with Crippen molar-refractivity contribution in [1.82, 2.24) is 0 Å². The second-order valence-electron chi connectivity index (χ2n) is 11.2. The van der Waals surface area contributed by atoms with Crippen LogP contribution < -0.4 is 14.4 Å². The highest BCUT2D eigenvalue weighted by atomic mass is 32.2. The van der Waals surface area contributed by atoms with Crippen molar-refractivity contribution in [1.29, 1.82) is 0 Å². The summed E-state index contributed by atoms with van der Waals surface area (Å²) in [6, 6.07) is 23.5. The van der Waals surface area contributed by atoms with Crippen LogP contribution in [0.4, 0.5) is 5.69 Å². The van der Waals surface area contributed by atoms with Gasteiger partial charge in [0.15, 0.2) is 0 Å². The van der Waals surface area contributed by atoms with E-state index < -0.39 is 38.0 Å². The van der Waals surface area contributed by atoms with Crippen molar-refractivity contribution in [3.05, 3.63) is 102 Å². The Labute approximate surface area is 275 Å². The third kappa shape index (κ3) is 7.76. The Hall–Kier alpha value is -4.65. The minimum atomic E-state index is -2.11. The van der Waals surface area contributed by atoms with Crippen LogP contribution >= 0.6 is 23.5 Å². The van der Waals surface area contributed by atoms with E-state index >= 15 is 0 Å². The molecule has 1 aliphatic rings. The highest BCUT2D eigenvalue weighted by Crippen LogP contribution is 2.43. The Morgan fingerprint density at radius 3 is 1.41 bits per heavy atom. The van der Waals surface area contributed by atoms with Crippen LogP contribution in [0.15, 0.2) is 105 Å². The number of hydrogen-bond donors (Lipinski definition) is 0. The molecule has 0 aliphatic carbocycles. The van der Waals surface area contributed by atoms with Gasteiger partial charge in [0.25, 0.3) is 11.8 Å². The molecule has 12 heteroatoms. The first kappa shape index (κ1) is 32.7. The number of benzene rings is 4. The Morgan fingerprint density at radius 2 is 1.04 bits per heavy atom. The topological polar surface area (TPSA) is 116 Å². The molecule has 0 bridgehead atoms. The maximum absolute atomic E-state index is 13.7. The molecule has 5 rings (SSSR count). The van der Waals surface area contributed by atoms with Crippen LogP contribution in [-0.2, 0) is 14.0 Å². The summed E-state index contributed by atoms with van der Waals surface area (Å²) in [5, 5.41) is 0. The normalized spacial score (nSPS) is 12.5. The van der Waals surface area contributed by atoms with Gasteiger partial charge in [0, 0.05) is 33.4 Å². The minimum Gasteiger partial charge on any atom is -0.516 e. The van der Waals surface area contributed by atoms with Crippen molar-refractivity contribution in [2.75, 3.05) is 4.90 Å². The Balaban J connectivity index is 1.47. The summed E-state index contributed by atoms with van der Waals surface area (Å²) in [6.45, 7) is 8.38. The van der Waals surface area contributed by atoms with Gasteiger partial charge in [-0.05, 0) is 105 Å². The van der Waals surface area contributed by atoms with Gasteiger partial charge in [-0.1, -0.05) is 23.5 Å². The third-order valence-corrected chi connectivity index (χ3v) is 9.40. The van der Waals surface area contributed by atoms with Crippen molar-refractivity contribution < 1.29 is 37.9 Å². The Morgan fingerprint density at radius 1 is 0.630 bits per heavy atom. The molecule has 0 atom stereocenters. The van der Waals surface area contributed by atoms with E-state index in [-0.39, 0.29) is 11.1 Å². The molecule has 234 valence electrons. The summed E-state index contributed by atoms with van der Waals surface area (Å²) in [4.78, 5) is 66.7. The van der Waals surface area contributed by atoms with E-state index in [0.717, 1.165) is 24.5 Å². The van der Waals surface area contributed by atoms with Gasteiger partial charge < -0.3 is 13.9 Å². The van der Waals surface area contributed by atoms with E-state index in [4.69, 9.17) is 13.9 Å². The number of carbonyl (C=O) groups excluding carboxylic acids is 5. The second-order valence-corrected chi connectivity index (χ2v) is 17.8. The van der Waals surface area contributed by atoms with Crippen LogP contribution in [0.2, 0.25) is 19.6 Å². The van der Waals surface area contributed by atoms with E-state index in [9.17, 15) is 24.0 Å². The molecule has 1 heterocycles. The van der Waals surface area contributed by atoms with Gasteiger partial charge in [-0.25, -0.2) is 9.69 Å². The third-order valence-electron chi connectivity index (χ3n) is 6.34. The van der Waals surface area contributed by atoms with Gasteiger partial charge >= 0.3 is 17.9 Å². The zero-order valence-corrected chi connectivity index (χ0v) is 28.2. The molecule has 4 aromatic carbocycles. The van der Waals surface area contributed by atoms with Crippen molar-refractivity contribution in [2.24, 2.45) is 0 Å². The molecule has 0 saturated carbocycles. The molecule has 4 aromatic rings. The number of ether oxygens (including phenoxy) is 2. The van der Waals surface area contributed by atoms with Crippen LogP contribution in [0.3, 0.4) is 0 Å². The zero-order valence-electron chi connectivity index (χ0n) is 25.6. The number of rotatable bonds is 9. The highest BCUT2D eigenvalue weighted by molar-refractivity contribution is 8.02. The van der Waals surface area contributed by atoms with Gasteiger partial charge in [0.05, 0.1) is 22.4 Å². The molecular formula is C34H29NO8S2Si. The SMILES string of the molecule is CC(=O)Oc1ccc(Sc2cc3c(cc2Sc2ccc(OC(C)=O)cc2)C(=O)N(c2ccc(C(=O)O[Si](C)(C)C)cc2)C3=O)cc1. The van der Waals surface area contributed by atoms with E-state index in [1.165, 1.54) is 37.4 Å². The molecule has 0 radical (unpaired) electrons. The number of nitrogens with zero attached hydrogens (tertiary/aromatic N) is 1. The fourth-order valence-electron chi connectivity index (χ4n) is 4.46. The number of fused-ring (bicyclic) bond motifs is 1. The first-order chi connectivity index (χ1) is 21.8. The molecule has 0 N–H and O–H groups in total. The molecule has 9 nitrogen and oxygen atoms in total. The number of carbonyl (C=O) groups is 5. The van der Waals surface area contributed by atoms with Crippen LogP contribution in [0, 0.1) is 0 Å². The fraction of sp³-hybridized carbons (Fsp3) is 0.147. The standard InChI is InChI=1S/C34H29NO8S2Si/c1-20(36)41-24-10-14-26(15-11-24)44-30-18-28-29(19-31(30)45-27-16-12-25(13-17-27)42-21(2)37)33(39)35(32(28)38)23-8-6-22(7-9-23)34(40)43-46(3,4)5/h6-19H,1-5H3. The second kappa shape index (κ2) is 13.4. The monoisotopic (exact) mass is 671 g/mol. The molecule has 1 aliphatic heterocycles. The van der Waals surface area contributed by atoms with Crippen molar-refractivity contribution in [3.8, 4) is 11.5 Å². The lowest BCUT2D eigenvalue weighted by Crippen LogP contribution is -2.30. The number of hydrogen-bond acceptors (Lipinski definition) is 10. The predicted molar refractivity (Wildman–Crippen MR) is 177 cm³/mol. The first-order valence-electron chi connectivity index (χ1n) is 14.1. The molecule has 0 aromatic heterocycles. The zero-order chi connectivity index (χ0) is 33.2. The average molecular weight is 672 g/mol. The predicted octanol–water partition coefficient (Wildman–Crippen LogP) is 7.63. The number of imide groups is 1. The molecule has 46 heavy (non-hydrogen) atoms. The molecule has 0 spiro atoms. The van der Waals surface area contributed by atoms with Gasteiger partial charge in [-0.15, -0.1) is 0 Å². The smallest absolute Gasteiger partial charge is 0.324 e. The minimum absolute atomic E-state index is 0.251. The van der Waals surface area contributed by atoms with Gasteiger partial charge in [-0.3, -0.25) is 19.2 Å². The van der Waals surface area contributed by atoms with Crippen molar-refractivity contribution in [3.63, 3.8) is 0 Å². The number of anilines is 1. The summed E-state index contributed by atoms with van der Waals surface area (Å²) in [6.07, 6.45) is 0. The summed E-state index contributed by atoms with van der Waals surface area (Å²) in [7, 11) is -2.11. The van der Waals surface area contributed by atoms with Crippen molar-refractivity contribution >= 4 is 67.3 Å². The fourth-order valence-corrected chi connectivity index (χ4v) is 7.11. The number of amides is 2. The summed E-state index contributed by atoms with van der Waals surface area (Å²) in [5.74, 6) is -1.44. The molecule has 2 amide bonds. The summed E-state index contributed by atoms with van der Waals surface area (Å²) < 4.78 is 15.8. The van der Waals surface area contributed by atoms with Gasteiger partial charge in [0.2, 0.25) is 8.32 Å². The highest BCUT2D eigenvalue weighted by Gasteiger charge is 2.38. The lowest BCUT2D eigenvalue weighted by molar-refractivity contribution is -0.132. The van der Waals surface area contributed by atoms with Gasteiger partial charge in [0.1, 0.15) is 11.5 Å². The number of esters is 2. The van der Waals surface area contributed by atoms with Crippen LogP contribution in [0.1, 0.15) is 44.9 Å². The molecule has 0 saturated heterocycles. The van der Waals surface area contributed by atoms with Crippen molar-refractivity contribution in [2.45, 2.75) is 53.1 Å². The maximum atomic E-state index is 13.7. The Kier molecular flexibility index (Phi) is 9.51. The molecular weight excluding hydrogens is 643 g/mol. The maximum Gasteiger partial charge on any atom is 0.324 e. The van der Waals surface area contributed by atoms with Crippen LogP contribution in [0.25, 0.3) is 0 Å². The van der Waals surface area contributed by atoms with Crippen LogP contribution in [-0.4, -0.2) is 38.0 Å². The summed E-state index contributed by atoms with van der Waals surface area (Å²) in [5.41, 5.74) is 1.17. The largest absolute Gasteiger partial charge is 0.516 e. The van der Waals surface area contributed by atoms with Gasteiger partial charge in [-0.2, -0.15) is 0 Å². The molecule has 0 unspecified atom stereocenters. The first-order valence-corrected chi connectivity index (χ1v) is 19.1. The van der Waals surface area contributed by atoms with E-state index in [2.05, 4.69) is 0 Å².